The summed E-state index contributed by atoms with van der Waals surface area (Å²) in [5.74, 6) is 1.29. The molecule has 0 radical (unpaired) electrons. The SMILES string of the molecule is CC(C)CC(C)(N=NC(C)(C)C)SCCO. The molecular weight excluding hydrogens is 220 g/mol. The summed E-state index contributed by atoms with van der Waals surface area (Å²) in [6.45, 7) is 12.8. The first-order chi connectivity index (χ1) is 7.18. The summed E-state index contributed by atoms with van der Waals surface area (Å²) < 4.78 is 0. The van der Waals surface area contributed by atoms with Gasteiger partial charge >= 0.3 is 0 Å². The Bertz CT molecular complexity index is 224. The highest BCUT2D eigenvalue weighted by Crippen LogP contribution is 2.34. The first kappa shape index (κ1) is 15.9. The molecule has 0 aliphatic rings. The topological polar surface area (TPSA) is 45.0 Å². The third-order valence-corrected chi connectivity index (χ3v) is 3.11. The molecule has 0 bridgehead atoms. The molecule has 0 rings (SSSR count). The molecule has 1 unspecified atom stereocenters. The van der Waals surface area contributed by atoms with Crippen molar-refractivity contribution in [3.8, 4) is 0 Å². The smallest absolute Gasteiger partial charge is 0.124 e. The van der Waals surface area contributed by atoms with Crippen LogP contribution in [0.1, 0.15) is 48.0 Å². The number of nitrogens with zero attached hydrogens (tertiary/aromatic N) is 2. The molecule has 1 N–H and O–H groups in total. The van der Waals surface area contributed by atoms with Gasteiger partial charge in [-0.1, -0.05) is 13.8 Å². The van der Waals surface area contributed by atoms with E-state index in [1.54, 1.807) is 11.8 Å². The number of hydrogen-bond donors (Lipinski definition) is 1. The van der Waals surface area contributed by atoms with Gasteiger partial charge in [0.25, 0.3) is 0 Å². The van der Waals surface area contributed by atoms with Gasteiger partial charge in [-0.15, -0.1) is 11.8 Å². The van der Waals surface area contributed by atoms with E-state index < -0.39 is 0 Å². The molecule has 1 atom stereocenters. The van der Waals surface area contributed by atoms with Crippen molar-refractivity contribution in [1.82, 2.24) is 0 Å². The van der Waals surface area contributed by atoms with Crippen LogP contribution >= 0.6 is 11.8 Å². The van der Waals surface area contributed by atoms with Gasteiger partial charge < -0.3 is 5.11 Å². The van der Waals surface area contributed by atoms with Crippen LogP contribution in [0.2, 0.25) is 0 Å². The van der Waals surface area contributed by atoms with E-state index in [-0.39, 0.29) is 17.0 Å². The van der Waals surface area contributed by atoms with E-state index in [1.165, 1.54) is 0 Å². The fourth-order valence-electron chi connectivity index (χ4n) is 1.41. The van der Waals surface area contributed by atoms with E-state index in [0.29, 0.717) is 11.7 Å². The molecule has 0 heterocycles. The molecule has 0 saturated heterocycles. The summed E-state index contributed by atoms with van der Waals surface area (Å²) in [4.78, 5) is -0.204. The lowest BCUT2D eigenvalue weighted by atomic mass is 10.1. The summed E-state index contributed by atoms with van der Waals surface area (Å²) in [7, 11) is 0. The highest BCUT2D eigenvalue weighted by molar-refractivity contribution is 8.00. The largest absolute Gasteiger partial charge is 0.396 e. The Labute approximate surface area is 104 Å². The van der Waals surface area contributed by atoms with Crippen molar-refractivity contribution in [2.75, 3.05) is 12.4 Å². The molecule has 0 amide bonds. The Morgan fingerprint density at radius 1 is 1.12 bits per heavy atom. The Balaban J connectivity index is 4.58. The van der Waals surface area contributed by atoms with Crippen LogP contribution in [0, 0.1) is 5.92 Å². The Hall–Kier alpha value is -0.0900. The lowest BCUT2D eigenvalue weighted by Gasteiger charge is -2.26. The molecule has 4 heteroatoms. The number of aliphatic hydroxyl groups is 1. The van der Waals surface area contributed by atoms with Gasteiger partial charge in [-0.05, 0) is 40.0 Å². The molecule has 0 saturated carbocycles. The predicted octanol–water partition coefficient (Wildman–Crippen LogP) is 3.72. The third-order valence-electron chi connectivity index (χ3n) is 1.85. The maximum atomic E-state index is 8.90. The number of rotatable bonds is 6. The molecule has 0 aromatic rings. The molecular formula is C12H26N2OS. The fraction of sp³-hybridized carbons (Fsp3) is 1.00. The van der Waals surface area contributed by atoms with Gasteiger partial charge in [-0.25, -0.2) is 0 Å². The lowest BCUT2D eigenvalue weighted by molar-refractivity contribution is 0.321. The van der Waals surface area contributed by atoms with Crippen molar-refractivity contribution in [3.63, 3.8) is 0 Å². The van der Waals surface area contributed by atoms with Crippen molar-refractivity contribution < 1.29 is 5.11 Å². The molecule has 0 aromatic heterocycles. The third kappa shape index (κ3) is 8.11. The summed E-state index contributed by atoms with van der Waals surface area (Å²) >= 11 is 1.68. The van der Waals surface area contributed by atoms with E-state index in [9.17, 15) is 0 Å². The summed E-state index contributed by atoms with van der Waals surface area (Å²) in [5, 5.41) is 17.7. The molecule has 0 aliphatic heterocycles. The zero-order valence-corrected chi connectivity index (χ0v) is 12.3. The van der Waals surface area contributed by atoms with E-state index in [4.69, 9.17) is 5.11 Å². The van der Waals surface area contributed by atoms with E-state index in [2.05, 4.69) is 31.0 Å². The second-order valence-corrected chi connectivity index (χ2v) is 7.29. The highest BCUT2D eigenvalue weighted by atomic mass is 32.2. The number of azo groups is 1. The van der Waals surface area contributed by atoms with Crippen molar-refractivity contribution in [1.29, 1.82) is 0 Å². The number of hydrogen-bond acceptors (Lipinski definition) is 4. The van der Waals surface area contributed by atoms with Crippen LogP contribution in [0.5, 0.6) is 0 Å². The van der Waals surface area contributed by atoms with E-state index in [0.717, 1.165) is 6.42 Å². The minimum Gasteiger partial charge on any atom is -0.396 e. The Kier molecular flexibility index (Phi) is 6.56. The summed E-state index contributed by atoms with van der Waals surface area (Å²) in [6, 6.07) is 0. The maximum absolute atomic E-state index is 8.90. The van der Waals surface area contributed by atoms with Crippen molar-refractivity contribution in [2.45, 2.75) is 58.4 Å². The zero-order chi connectivity index (χ0) is 12.8. The van der Waals surface area contributed by atoms with Gasteiger partial charge in [0.05, 0.1) is 12.1 Å². The van der Waals surface area contributed by atoms with Crippen LogP contribution in [0.4, 0.5) is 0 Å². The molecule has 0 spiro atoms. The fourth-order valence-corrected chi connectivity index (χ4v) is 2.49. The minimum atomic E-state index is -0.204. The standard InChI is InChI=1S/C12H26N2OS/c1-10(2)9-12(6,16-8-7-15)14-13-11(3,4)5/h10,15H,7-9H2,1-6H3. The van der Waals surface area contributed by atoms with Crippen LogP contribution in [0.3, 0.4) is 0 Å². The van der Waals surface area contributed by atoms with Crippen molar-refractivity contribution in [3.05, 3.63) is 0 Å². The quantitative estimate of drug-likeness (QED) is 0.726. The second kappa shape index (κ2) is 6.60. The first-order valence-electron chi connectivity index (χ1n) is 5.87. The van der Waals surface area contributed by atoms with E-state index >= 15 is 0 Å². The first-order valence-corrected chi connectivity index (χ1v) is 6.86. The monoisotopic (exact) mass is 246 g/mol. The van der Waals surface area contributed by atoms with Crippen LogP contribution in [-0.4, -0.2) is 27.9 Å². The number of thioether (sulfide) groups is 1. The van der Waals surface area contributed by atoms with E-state index in [1.807, 2.05) is 20.8 Å². The Morgan fingerprint density at radius 3 is 2.06 bits per heavy atom. The predicted molar refractivity (Wildman–Crippen MR) is 72.0 cm³/mol. The van der Waals surface area contributed by atoms with Gasteiger partial charge in [-0.2, -0.15) is 10.2 Å². The van der Waals surface area contributed by atoms with Crippen molar-refractivity contribution in [2.24, 2.45) is 16.1 Å². The van der Waals surface area contributed by atoms with Crippen molar-refractivity contribution >= 4 is 11.8 Å². The van der Waals surface area contributed by atoms with Gasteiger partial charge in [0.15, 0.2) is 0 Å². The normalized spacial score (nSPS) is 17.0. The summed E-state index contributed by atoms with van der Waals surface area (Å²) in [6.07, 6.45) is 0.983. The average molecular weight is 246 g/mol. The average Bonchev–Trinajstić information content (AvgIpc) is 2.10. The second-order valence-electron chi connectivity index (χ2n) is 5.72. The van der Waals surface area contributed by atoms with Gasteiger partial charge in [0.2, 0.25) is 0 Å². The molecule has 3 nitrogen and oxygen atoms in total. The Morgan fingerprint density at radius 2 is 1.69 bits per heavy atom. The summed E-state index contributed by atoms with van der Waals surface area (Å²) in [5.41, 5.74) is -0.127. The highest BCUT2D eigenvalue weighted by Gasteiger charge is 2.26. The molecule has 0 aromatic carbocycles. The molecule has 96 valence electrons. The van der Waals surface area contributed by atoms with Gasteiger partial charge in [-0.3, -0.25) is 0 Å². The molecule has 16 heavy (non-hydrogen) atoms. The van der Waals surface area contributed by atoms with Crippen LogP contribution in [0.15, 0.2) is 10.2 Å². The van der Waals surface area contributed by atoms with Crippen LogP contribution < -0.4 is 0 Å². The maximum Gasteiger partial charge on any atom is 0.124 e. The van der Waals surface area contributed by atoms with Crippen LogP contribution in [-0.2, 0) is 0 Å². The molecule has 0 fully saturated rings. The van der Waals surface area contributed by atoms with Gasteiger partial charge in [0, 0.05) is 5.75 Å². The van der Waals surface area contributed by atoms with Crippen LogP contribution in [0.25, 0.3) is 0 Å². The molecule has 0 aliphatic carbocycles. The minimum absolute atomic E-state index is 0.127. The zero-order valence-electron chi connectivity index (χ0n) is 11.4. The number of aliphatic hydroxyl groups excluding tert-OH is 1. The lowest BCUT2D eigenvalue weighted by Crippen LogP contribution is -2.22. The van der Waals surface area contributed by atoms with Gasteiger partial charge in [0.1, 0.15) is 4.87 Å².